The number of amides is 2. The summed E-state index contributed by atoms with van der Waals surface area (Å²) >= 11 is 9.19. The zero-order chi connectivity index (χ0) is 21.5. The molecule has 0 saturated carbocycles. The molecule has 1 fully saturated rings. The Morgan fingerprint density at radius 1 is 1.24 bits per heavy atom. The van der Waals surface area contributed by atoms with E-state index in [0.29, 0.717) is 37.4 Å². The predicted octanol–water partition coefficient (Wildman–Crippen LogP) is 3.34. The fraction of sp³-hybridized carbons (Fsp3) is 0.444. The van der Waals surface area contributed by atoms with Crippen molar-refractivity contribution in [2.24, 2.45) is 5.73 Å². The van der Waals surface area contributed by atoms with Crippen LogP contribution in [-0.2, 0) is 4.74 Å². The highest BCUT2D eigenvalue weighted by atomic mass is 79.9. The van der Waals surface area contributed by atoms with E-state index in [2.05, 4.69) is 25.9 Å². The minimum Gasteiger partial charge on any atom is -0.444 e. The summed E-state index contributed by atoms with van der Waals surface area (Å²) in [4.78, 5) is 35.5. The third-order valence-electron chi connectivity index (χ3n) is 4.26. The molecule has 1 aromatic heterocycles. The minimum atomic E-state index is -0.869. The van der Waals surface area contributed by atoms with Crippen molar-refractivity contribution in [2.45, 2.75) is 26.4 Å². The van der Waals surface area contributed by atoms with Gasteiger partial charge in [-0.25, -0.2) is 19.2 Å². The van der Waals surface area contributed by atoms with Gasteiger partial charge in [0.2, 0.25) is 5.82 Å². The molecule has 2 heterocycles. The molecule has 11 heteroatoms. The number of ether oxygens (including phenoxy) is 1. The van der Waals surface area contributed by atoms with E-state index in [4.69, 9.17) is 22.1 Å². The molecule has 8 nitrogen and oxygen atoms in total. The quantitative estimate of drug-likeness (QED) is 0.651. The average molecular weight is 489 g/mol. The van der Waals surface area contributed by atoms with Crippen LogP contribution in [-0.4, -0.2) is 58.6 Å². The number of hydrogen-bond donors (Lipinski definition) is 1. The lowest BCUT2D eigenvalue weighted by Gasteiger charge is -2.36. The molecule has 0 radical (unpaired) electrons. The molecule has 1 saturated heterocycles. The van der Waals surface area contributed by atoms with E-state index >= 15 is 0 Å². The number of primary amides is 1. The number of carbonyl (C=O) groups is 2. The van der Waals surface area contributed by atoms with Gasteiger partial charge in [0.05, 0.1) is 9.50 Å². The van der Waals surface area contributed by atoms with Crippen molar-refractivity contribution in [3.05, 3.63) is 27.2 Å². The number of aromatic nitrogens is 2. The highest BCUT2D eigenvalue weighted by molar-refractivity contribution is 9.10. The number of carbonyl (C=O) groups excluding carboxylic acids is 2. The Labute approximate surface area is 180 Å². The SMILES string of the molecule is CC(C)(C)OC(=O)N1CCN(c2nc(C(N)=O)nc3c(F)c(Br)c(Cl)cc23)CC1. The van der Waals surface area contributed by atoms with Gasteiger partial charge in [-0.2, -0.15) is 0 Å². The Morgan fingerprint density at radius 2 is 1.86 bits per heavy atom. The van der Waals surface area contributed by atoms with Gasteiger partial charge in [-0.1, -0.05) is 11.6 Å². The summed E-state index contributed by atoms with van der Waals surface area (Å²) in [5.74, 6) is -1.53. The van der Waals surface area contributed by atoms with Crippen LogP contribution < -0.4 is 10.6 Å². The lowest BCUT2D eigenvalue weighted by molar-refractivity contribution is 0.0240. The van der Waals surface area contributed by atoms with Crippen LogP contribution in [0.2, 0.25) is 5.02 Å². The Kier molecular flexibility index (Phi) is 5.86. The number of piperazine rings is 1. The average Bonchev–Trinajstić information content (AvgIpc) is 2.64. The van der Waals surface area contributed by atoms with E-state index in [-0.39, 0.29) is 20.8 Å². The number of fused-ring (bicyclic) bond motifs is 1. The van der Waals surface area contributed by atoms with Gasteiger partial charge in [0.1, 0.15) is 16.9 Å². The summed E-state index contributed by atoms with van der Waals surface area (Å²) in [6.45, 7) is 6.96. The fourth-order valence-electron chi connectivity index (χ4n) is 2.94. The molecule has 0 atom stereocenters. The Bertz CT molecular complexity index is 990. The zero-order valence-electron chi connectivity index (χ0n) is 16.1. The predicted molar refractivity (Wildman–Crippen MR) is 111 cm³/mol. The number of rotatable bonds is 2. The Balaban J connectivity index is 1.94. The molecule has 1 aromatic carbocycles. The first kappa shape index (κ1) is 21.5. The maximum atomic E-state index is 14.7. The summed E-state index contributed by atoms with van der Waals surface area (Å²) in [6, 6.07) is 1.53. The van der Waals surface area contributed by atoms with Crippen molar-refractivity contribution in [2.75, 3.05) is 31.1 Å². The fourth-order valence-corrected chi connectivity index (χ4v) is 3.43. The maximum absolute atomic E-state index is 14.7. The molecule has 29 heavy (non-hydrogen) atoms. The van der Waals surface area contributed by atoms with E-state index in [1.807, 2.05) is 4.90 Å². The van der Waals surface area contributed by atoms with Crippen LogP contribution in [0.1, 0.15) is 31.4 Å². The first-order chi connectivity index (χ1) is 13.5. The topological polar surface area (TPSA) is 102 Å². The summed E-state index contributed by atoms with van der Waals surface area (Å²) in [7, 11) is 0. The molecule has 1 aliphatic heterocycles. The van der Waals surface area contributed by atoms with Gasteiger partial charge in [0, 0.05) is 31.6 Å². The second-order valence-electron chi connectivity index (χ2n) is 7.57. The zero-order valence-corrected chi connectivity index (χ0v) is 18.5. The minimum absolute atomic E-state index is 0.0430. The molecule has 3 rings (SSSR count). The van der Waals surface area contributed by atoms with Crippen molar-refractivity contribution in [1.82, 2.24) is 14.9 Å². The number of anilines is 1. The molecular formula is C18H20BrClFN5O3. The molecule has 0 bridgehead atoms. The van der Waals surface area contributed by atoms with E-state index in [0.717, 1.165) is 0 Å². The summed E-state index contributed by atoms with van der Waals surface area (Å²) in [5.41, 5.74) is 4.68. The second kappa shape index (κ2) is 7.91. The monoisotopic (exact) mass is 487 g/mol. The van der Waals surface area contributed by atoms with Gasteiger partial charge in [0.25, 0.3) is 5.91 Å². The third-order valence-corrected chi connectivity index (χ3v) is 5.56. The summed E-state index contributed by atoms with van der Waals surface area (Å²) in [6.07, 6.45) is -0.402. The Morgan fingerprint density at radius 3 is 2.41 bits per heavy atom. The smallest absolute Gasteiger partial charge is 0.410 e. The van der Waals surface area contributed by atoms with E-state index < -0.39 is 23.4 Å². The van der Waals surface area contributed by atoms with Crippen molar-refractivity contribution in [3.63, 3.8) is 0 Å². The molecule has 0 unspecified atom stereocenters. The first-order valence-corrected chi connectivity index (χ1v) is 10.0. The van der Waals surface area contributed by atoms with Crippen LogP contribution in [0.4, 0.5) is 15.0 Å². The van der Waals surface area contributed by atoms with Crippen molar-refractivity contribution in [3.8, 4) is 0 Å². The number of nitrogens with two attached hydrogens (primary N) is 1. The van der Waals surface area contributed by atoms with Gasteiger partial charge in [-0.15, -0.1) is 0 Å². The molecular weight excluding hydrogens is 469 g/mol. The van der Waals surface area contributed by atoms with Crippen LogP contribution in [0.5, 0.6) is 0 Å². The molecule has 2 aromatic rings. The third kappa shape index (κ3) is 4.53. The van der Waals surface area contributed by atoms with Gasteiger partial charge >= 0.3 is 6.09 Å². The van der Waals surface area contributed by atoms with Gasteiger partial charge in [-0.05, 0) is 42.8 Å². The molecule has 0 aliphatic carbocycles. The van der Waals surface area contributed by atoms with E-state index in [1.165, 1.54) is 6.07 Å². The number of halogens is 3. The number of hydrogen-bond acceptors (Lipinski definition) is 6. The molecule has 2 amide bonds. The van der Waals surface area contributed by atoms with Gasteiger partial charge in [-0.3, -0.25) is 4.79 Å². The molecule has 0 spiro atoms. The van der Waals surface area contributed by atoms with Crippen molar-refractivity contribution >= 4 is 56.3 Å². The second-order valence-corrected chi connectivity index (χ2v) is 8.77. The molecule has 2 N–H and O–H groups in total. The van der Waals surface area contributed by atoms with E-state index in [1.54, 1.807) is 25.7 Å². The Hall–Kier alpha value is -2.20. The normalized spacial score (nSPS) is 15.0. The van der Waals surface area contributed by atoms with Crippen molar-refractivity contribution in [1.29, 1.82) is 0 Å². The number of nitrogens with zero attached hydrogens (tertiary/aromatic N) is 4. The van der Waals surface area contributed by atoms with Crippen LogP contribution in [0.15, 0.2) is 10.5 Å². The largest absolute Gasteiger partial charge is 0.444 e. The molecule has 1 aliphatic rings. The van der Waals surface area contributed by atoms with Crippen LogP contribution >= 0.6 is 27.5 Å². The highest BCUT2D eigenvalue weighted by Gasteiger charge is 2.28. The summed E-state index contributed by atoms with van der Waals surface area (Å²) in [5, 5.41) is 0.505. The molecule has 156 valence electrons. The first-order valence-electron chi connectivity index (χ1n) is 8.86. The lowest BCUT2D eigenvalue weighted by Crippen LogP contribution is -2.50. The maximum Gasteiger partial charge on any atom is 0.410 e. The van der Waals surface area contributed by atoms with Crippen LogP contribution in [0.25, 0.3) is 10.9 Å². The summed E-state index contributed by atoms with van der Waals surface area (Å²) < 4.78 is 20.1. The lowest BCUT2D eigenvalue weighted by atomic mass is 10.2. The van der Waals surface area contributed by atoms with E-state index in [9.17, 15) is 14.0 Å². The van der Waals surface area contributed by atoms with Crippen LogP contribution in [0.3, 0.4) is 0 Å². The van der Waals surface area contributed by atoms with Gasteiger partial charge < -0.3 is 20.3 Å². The standard InChI is InChI=1S/C18H20BrClFN5O3/c1-18(2,3)29-17(28)26-6-4-25(5-7-26)16-9-8-10(20)11(19)12(21)13(9)23-15(24-16)14(22)27/h8H,4-7H2,1-3H3,(H2,22,27). The number of benzene rings is 1. The van der Waals surface area contributed by atoms with Crippen LogP contribution in [0, 0.1) is 5.82 Å². The highest BCUT2D eigenvalue weighted by Crippen LogP contribution is 2.35. The van der Waals surface area contributed by atoms with Crippen molar-refractivity contribution < 1.29 is 18.7 Å². The van der Waals surface area contributed by atoms with Gasteiger partial charge in [0.15, 0.2) is 5.82 Å².